The molecule has 5 heteroatoms. The molecule has 0 aliphatic heterocycles. The van der Waals surface area contributed by atoms with Gasteiger partial charge in [0.1, 0.15) is 0 Å². The summed E-state index contributed by atoms with van der Waals surface area (Å²) >= 11 is 0. The molecule has 0 fully saturated rings. The van der Waals surface area contributed by atoms with Gasteiger partial charge in [0.15, 0.2) is 0 Å². The summed E-state index contributed by atoms with van der Waals surface area (Å²) in [6, 6.07) is 0.322. The van der Waals surface area contributed by atoms with E-state index in [4.69, 9.17) is 15.2 Å². The summed E-state index contributed by atoms with van der Waals surface area (Å²) in [5, 5.41) is 12.8. The number of methoxy groups -OCH3 is 2. The van der Waals surface area contributed by atoms with E-state index >= 15 is 0 Å². The quantitative estimate of drug-likeness (QED) is 0.459. The third kappa shape index (κ3) is 9.06. The first-order chi connectivity index (χ1) is 7.74. The van der Waals surface area contributed by atoms with Crippen LogP contribution in [0, 0.1) is 0 Å². The molecule has 0 amide bonds. The summed E-state index contributed by atoms with van der Waals surface area (Å²) in [4.78, 5) is 0. The summed E-state index contributed by atoms with van der Waals surface area (Å²) < 4.78 is 9.97. The maximum absolute atomic E-state index is 9.45. The van der Waals surface area contributed by atoms with Crippen molar-refractivity contribution in [3.8, 4) is 0 Å². The normalized spacial score (nSPS) is 15.0. The fraction of sp³-hybridized carbons (Fsp3) is 1.00. The van der Waals surface area contributed by atoms with Crippen LogP contribution >= 0.6 is 0 Å². The van der Waals surface area contributed by atoms with Crippen LogP contribution in [-0.2, 0) is 9.47 Å². The lowest BCUT2D eigenvalue weighted by molar-refractivity contribution is 0.0579. The number of hydrogen-bond donors (Lipinski definition) is 3. The lowest BCUT2D eigenvalue weighted by Crippen LogP contribution is -2.36. The fourth-order valence-corrected chi connectivity index (χ4v) is 1.54. The van der Waals surface area contributed by atoms with Crippen LogP contribution in [0.15, 0.2) is 0 Å². The molecule has 0 aromatic rings. The van der Waals surface area contributed by atoms with Crippen molar-refractivity contribution < 1.29 is 14.6 Å². The number of aliphatic hydroxyl groups excluding tert-OH is 1. The second-order valence-electron chi connectivity index (χ2n) is 3.94. The van der Waals surface area contributed by atoms with Gasteiger partial charge in [0, 0.05) is 20.3 Å². The Morgan fingerprint density at radius 2 is 1.88 bits per heavy atom. The zero-order chi connectivity index (χ0) is 12.2. The van der Waals surface area contributed by atoms with Crippen molar-refractivity contribution in [2.24, 2.45) is 5.73 Å². The molecule has 4 N–H and O–H groups in total. The summed E-state index contributed by atoms with van der Waals surface area (Å²) in [5.74, 6) is 0. The Morgan fingerprint density at radius 1 is 1.19 bits per heavy atom. The highest BCUT2D eigenvalue weighted by molar-refractivity contribution is 4.67. The van der Waals surface area contributed by atoms with Crippen LogP contribution in [0.3, 0.4) is 0 Å². The maximum atomic E-state index is 9.45. The summed E-state index contributed by atoms with van der Waals surface area (Å²) in [7, 11) is 3.28. The first-order valence-electron chi connectivity index (χ1n) is 5.84. The minimum Gasteiger partial charge on any atom is -0.391 e. The van der Waals surface area contributed by atoms with Crippen LogP contribution in [0.25, 0.3) is 0 Å². The van der Waals surface area contributed by atoms with E-state index in [1.807, 2.05) is 0 Å². The highest BCUT2D eigenvalue weighted by Gasteiger charge is 2.08. The van der Waals surface area contributed by atoms with E-state index in [0.29, 0.717) is 32.2 Å². The van der Waals surface area contributed by atoms with Crippen LogP contribution in [0.2, 0.25) is 0 Å². The minimum atomic E-state index is -0.393. The Balaban J connectivity index is 3.57. The number of hydrogen-bond acceptors (Lipinski definition) is 5. The van der Waals surface area contributed by atoms with Gasteiger partial charge in [0.25, 0.3) is 0 Å². The molecule has 0 aliphatic carbocycles. The molecule has 2 atom stereocenters. The largest absolute Gasteiger partial charge is 0.391 e. The average molecular weight is 234 g/mol. The SMILES string of the molecule is COCC(O)CCNC(CCCN)COC. The monoisotopic (exact) mass is 234 g/mol. The topological polar surface area (TPSA) is 76.7 Å². The van der Waals surface area contributed by atoms with Crippen molar-refractivity contribution in [3.05, 3.63) is 0 Å². The second-order valence-corrected chi connectivity index (χ2v) is 3.94. The van der Waals surface area contributed by atoms with Crippen molar-refractivity contribution in [2.75, 3.05) is 40.5 Å². The van der Waals surface area contributed by atoms with Crippen LogP contribution in [0.5, 0.6) is 0 Å². The van der Waals surface area contributed by atoms with E-state index in [1.165, 1.54) is 0 Å². The van der Waals surface area contributed by atoms with Gasteiger partial charge in [-0.05, 0) is 32.4 Å². The fourth-order valence-electron chi connectivity index (χ4n) is 1.54. The number of ether oxygens (including phenoxy) is 2. The van der Waals surface area contributed by atoms with Gasteiger partial charge < -0.3 is 25.6 Å². The van der Waals surface area contributed by atoms with Crippen molar-refractivity contribution in [3.63, 3.8) is 0 Å². The molecule has 0 aliphatic rings. The Kier molecular flexibility index (Phi) is 11.1. The molecule has 0 saturated heterocycles. The van der Waals surface area contributed by atoms with Crippen LogP contribution in [0.1, 0.15) is 19.3 Å². The Morgan fingerprint density at radius 3 is 2.44 bits per heavy atom. The van der Waals surface area contributed by atoms with Gasteiger partial charge in [-0.3, -0.25) is 0 Å². The highest BCUT2D eigenvalue weighted by atomic mass is 16.5. The molecule has 16 heavy (non-hydrogen) atoms. The summed E-state index contributed by atoms with van der Waals surface area (Å²) in [6.45, 7) is 2.54. The van der Waals surface area contributed by atoms with E-state index in [1.54, 1.807) is 14.2 Å². The van der Waals surface area contributed by atoms with Gasteiger partial charge >= 0.3 is 0 Å². The van der Waals surface area contributed by atoms with Crippen LogP contribution < -0.4 is 11.1 Å². The third-order valence-corrected chi connectivity index (χ3v) is 2.39. The summed E-state index contributed by atoms with van der Waals surface area (Å²) in [5.41, 5.74) is 5.46. The number of rotatable bonds is 11. The van der Waals surface area contributed by atoms with Gasteiger partial charge in [-0.15, -0.1) is 0 Å². The lowest BCUT2D eigenvalue weighted by Gasteiger charge is -2.18. The predicted molar refractivity (Wildman–Crippen MR) is 64.5 cm³/mol. The maximum Gasteiger partial charge on any atom is 0.0785 e. The van der Waals surface area contributed by atoms with Crippen molar-refractivity contribution in [1.29, 1.82) is 0 Å². The molecular formula is C11H26N2O3. The predicted octanol–water partition coefficient (Wildman–Crippen LogP) is -0.273. The van der Waals surface area contributed by atoms with Crippen molar-refractivity contribution in [1.82, 2.24) is 5.32 Å². The molecule has 0 heterocycles. The lowest BCUT2D eigenvalue weighted by atomic mass is 10.1. The molecule has 2 unspecified atom stereocenters. The molecular weight excluding hydrogens is 208 g/mol. The third-order valence-electron chi connectivity index (χ3n) is 2.39. The van der Waals surface area contributed by atoms with E-state index < -0.39 is 6.10 Å². The van der Waals surface area contributed by atoms with Gasteiger partial charge in [0.2, 0.25) is 0 Å². The molecule has 0 spiro atoms. The zero-order valence-corrected chi connectivity index (χ0v) is 10.4. The zero-order valence-electron chi connectivity index (χ0n) is 10.4. The first-order valence-corrected chi connectivity index (χ1v) is 5.84. The molecule has 0 aromatic heterocycles. The van der Waals surface area contributed by atoms with E-state index in [2.05, 4.69) is 5.32 Å². The van der Waals surface area contributed by atoms with E-state index in [0.717, 1.165) is 19.4 Å². The second kappa shape index (κ2) is 11.3. The van der Waals surface area contributed by atoms with E-state index in [-0.39, 0.29) is 0 Å². The van der Waals surface area contributed by atoms with Gasteiger partial charge in [-0.1, -0.05) is 0 Å². The standard InChI is InChI=1S/C11H26N2O3/c1-15-8-10(4-3-6-12)13-7-5-11(14)9-16-2/h10-11,13-14H,3-9,12H2,1-2H3. The smallest absolute Gasteiger partial charge is 0.0785 e. The molecule has 5 nitrogen and oxygen atoms in total. The molecule has 0 aromatic carbocycles. The number of nitrogens with two attached hydrogens (primary N) is 1. The first kappa shape index (κ1) is 15.8. The molecule has 0 saturated carbocycles. The van der Waals surface area contributed by atoms with Gasteiger partial charge in [-0.25, -0.2) is 0 Å². The Hall–Kier alpha value is -0.200. The van der Waals surface area contributed by atoms with E-state index in [9.17, 15) is 5.11 Å². The van der Waals surface area contributed by atoms with Crippen LogP contribution in [0.4, 0.5) is 0 Å². The molecule has 98 valence electrons. The van der Waals surface area contributed by atoms with Crippen molar-refractivity contribution >= 4 is 0 Å². The van der Waals surface area contributed by atoms with Gasteiger partial charge in [-0.2, -0.15) is 0 Å². The molecule has 0 bridgehead atoms. The van der Waals surface area contributed by atoms with Crippen LogP contribution in [-0.4, -0.2) is 57.8 Å². The Labute approximate surface area is 98.3 Å². The Bertz CT molecular complexity index is 147. The van der Waals surface area contributed by atoms with Crippen molar-refractivity contribution in [2.45, 2.75) is 31.4 Å². The molecule has 0 radical (unpaired) electrons. The average Bonchev–Trinajstić information content (AvgIpc) is 2.26. The summed E-state index contributed by atoms with van der Waals surface area (Å²) in [6.07, 6.45) is 2.29. The minimum absolute atomic E-state index is 0.322. The number of nitrogens with one attached hydrogen (secondary N) is 1. The van der Waals surface area contributed by atoms with Gasteiger partial charge in [0.05, 0.1) is 19.3 Å². The number of aliphatic hydroxyl groups is 1. The molecule has 0 rings (SSSR count). The highest BCUT2D eigenvalue weighted by Crippen LogP contribution is 1.98.